The third-order valence-electron chi connectivity index (χ3n) is 7.93. The van der Waals surface area contributed by atoms with Gasteiger partial charge in [0, 0.05) is 34.8 Å². The lowest BCUT2D eigenvalue weighted by molar-refractivity contribution is 0.0435. The van der Waals surface area contributed by atoms with Crippen LogP contribution in [-0.2, 0) is 0 Å². The van der Waals surface area contributed by atoms with Crippen LogP contribution in [0.3, 0.4) is 0 Å². The van der Waals surface area contributed by atoms with Gasteiger partial charge in [-0.3, -0.25) is 10.4 Å². The van der Waals surface area contributed by atoms with Crippen molar-refractivity contribution in [3.8, 4) is 0 Å². The number of nitrogens with zero attached hydrogens (tertiary/aromatic N) is 2. The van der Waals surface area contributed by atoms with Gasteiger partial charge in [0.15, 0.2) is 0 Å². The molecule has 0 aromatic heterocycles. The molecule has 2 N–H and O–H groups in total. The number of nitrogens with one attached hydrogen (secondary N) is 2. The third kappa shape index (κ3) is 5.19. The Kier molecular flexibility index (Phi) is 7.24. The zero-order valence-corrected chi connectivity index (χ0v) is 20.6. The van der Waals surface area contributed by atoms with Gasteiger partial charge in [0.05, 0.1) is 5.70 Å². The fourth-order valence-electron chi connectivity index (χ4n) is 5.35. The first-order chi connectivity index (χ1) is 15.5. The van der Waals surface area contributed by atoms with Gasteiger partial charge in [0.1, 0.15) is 5.84 Å². The number of fused-ring (bicyclic) bond motifs is 3. The Labute approximate surface area is 198 Å². The Hall–Kier alpha value is -1.88. The highest BCUT2D eigenvalue weighted by Crippen LogP contribution is 2.57. The predicted molar refractivity (Wildman–Crippen MR) is 141 cm³/mol. The summed E-state index contributed by atoms with van der Waals surface area (Å²) in [5.74, 6) is 2.19. The van der Waals surface area contributed by atoms with Crippen LogP contribution in [-0.4, -0.2) is 30.6 Å². The van der Waals surface area contributed by atoms with E-state index in [1.54, 1.807) is 11.8 Å². The van der Waals surface area contributed by atoms with E-state index in [1.807, 2.05) is 0 Å². The molecule has 0 unspecified atom stereocenters. The van der Waals surface area contributed by atoms with Crippen LogP contribution in [0.25, 0.3) is 5.70 Å². The standard InChI is InChI=1S/C27H38N4S/c1-4-16-32-18-24(29-3)22-6-5-7-23(17-22)30-19-26-10-13-27(14-11-26,15-12-26)20(2)31-25(28)21-8-9-21/h5-7,17-18,21,28,30H,3-4,8-16,19H2,1-2H3/b24-18-,28-25?,31-20?. The van der Waals surface area contributed by atoms with E-state index in [4.69, 9.17) is 10.4 Å². The van der Waals surface area contributed by atoms with Crippen LogP contribution >= 0.6 is 11.8 Å². The molecule has 0 amide bonds. The molecule has 4 fully saturated rings. The van der Waals surface area contributed by atoms with Gasteiger partial charge in [-0.2, -0.15) is 0 Å². The van der Waals surface area contributed by atoms with E-state index in [-0.39, 0.29) is 5.41 Å². The van der Waals surface area contributed by atoms with Crippen molar-refractivity contribution in [2.45, 2.75) is 71.6 Å². The summed E-state index contributed by atoms with van der Waals surface area (Å²) >= 11 is 1.80. The number of thioether (sulfide) groups is 1. The van der Waals surface area contributed by atoms with Gasteiger partial charge < -0.3 is 5.32 Å². The molecule has 0 spiro atoms. The predicted octanol–water partition coefficient (Wildman–Crippen LogP) is 7.43. The Balaban J connectivity index is 1.36. The van der Waals surface area contributed by atoms with E-state index >= 15 is 0 Å². The summed E-state index contributed by atoms with van der Waals surface area (Å²) in [6.45, 7) is 9.19. The SMILES string of the molecule is C=N/C(=C\SCCC)c1cccc(NCC23CCC(C(C)=NC(=N)C4CC4)(CC2)CC3)c1. The minimum Gasteiger partial charge on any atom is -0.384 e. The molecule has 0 radical (unpaired) electrons. The molecule has 2 bridgehead atoms. The lowest BCUT2D eigenvalue weighted by atomic mass is 9.52. The first-order valence-electron chi connectivity index (χ1n) is 12.3. The summed E-state index contributed by atoms with van der Waals surface area (Å²) in [7, 11) is 0. The molecule has 5 rings (SSSR count). The maximum absolute atomic E-state index is 8.22. The summed E-state index contributed by atoms with van der Waals surface area (Å²) < 4.78 is 0. The molecule has 0 heterocycles. The lowest BCUT2D eigenvalue weighted by Crippen LogP contribution is -2.48. The van der Waals surface area contributed by atoms with Gasteiger partial charge >= 0.3 is 0 Å². The summed E-state index contributed by atoms with van der Waals surface area (Å²) in [5.41, 5.74) is 5.15. The molecule has 1 aromatic rings. The summed E-state index contributed by atoms with van der Waals surface area (Å²) in [6.07, 6.45) is 10.9. The van der Waals surface area contributed by atoms with Crippen LogP contribution in [0, 0.1) is 22.2 Å². The summed E-state index contributed by atoms with van der Waals surface area (Å²) in [6, 6.07) is 8.60. The van der Waals surface area contributed by atoms with Crippen LogP contribution in [0.4, 0.5) is 5.69 Å². The number of rotatable bonds is 10. The Morgan fingerprint density at radius 1 is 1.22 bits per heavy atom. The fraction of sp³-hybridized carbons (Fsp3) is 0.593. The van der Waals surface area contributed by atoms with Gasteiger partial charge in [-0.05, 0) is 100 Å². The molecule has 0 saturated heterocycles. The molecule has 4 nitrogen and oxygen atoms in total. The molecule has 5 heteroatoms. The van der Waals surface area contributed by atoms with E-state index in [2.05, 4.69) is 60.5 Å². The molecule has 4 aliphatic carbocycles. The van der Waals surface area contributed by atoms with Crippen LogP contribution in [0.2, 0.25) is 0 Å². The Bertz CT molecular complexity index is 887. The van der Waals surface area contributed by atoms with Crippen LogP contribution in [0.15, 0.2) is 39.7 Å². The number of hydrogen-bond donors (Lipinski definition) is 2. The van der Waals surface area contributed by atoms with E-state index in [0.717, 1.165) is 42.8 Å². The molecule has 0 atom stereocenters. The van der Waals surface area contributed by atoms with E-state index in [1.165, 1.54) is 49.9 Å². The first-order valence-corrected chi connectivity index (χ1v) is 13.3. The largest absolute Gasteiger partial charge is 0.384 e. The molecular formula is C27H38N4S. The van der Waals surface area contributed by atoms with Gasteiger partial charge in [-0.1, -0.05) is 19.1 Å². The quantitative estimate of drug-likeness (QED) is 0.221. The average molecular weight is 451 g/mol. The molecule has 172 valence electrons. The number of hydrogen-bond acceptors (Lipinski definition) is 4. The maximum atomic E-state index is 8.22. The average Bonchev–Trinajstić information content (AvgIpc) is 3.68. The Morgan fingerprint density at radius 2 is 1.94 bits per heavy atom. The highest BCUT2D eigenvalue weighted by atomic mass is 32.2. The molecule has 0 aliphatic heterocycles. The van der Waals surface area contributed by atoms with Crippen molar-refractivity contribution in [2.75, 3.05) is 17.6 Å². The molecule has 4 saturated carbocycles. The van der Waals surface area contributed by atoms with Crippen molar-refractivity contribution in [3.05, 3.63) is 35.2 Å². The van der Waals surface area contributed by atoms with Crippen molar-refractivity contribution >= 4 is 41.4 Å². The molecule has 4 aliphatic rings. The van der Waals surface area contributed by atoms with Crippen molar-refractivity contribution in [2.24, 2.45) is 26.7 Å². The van der Waals surface area contributed by atoms with Gasteiger partial charge in [-0.15, -0.1) is 11.8 Å². The zero-order chi connectivity index (χ0) is 22.6. The smallest absolute Gasteiger partial charge is 0.123 e. The molecule has 1 aromatic carbocycles. The van der Waals surface area contributed by atoms with Crippen LogP contribution in [0.1, 0.15) is 77.2 Å². The maximum Gasteiger partial charge on any atom is 0.123 e. The normalized spacial score (nSPS) is 27.9. The highest BCUT2D eigenvalue weighted by molar-refractivity contribution is 8.02. The third-order valence-corrected chi connectivity index (χ3v) is 8.97. The summed E-state index contributed by atoms with van der Waals surface area (Å²) in [4.78, 5) is 9.02. The lowest BCUT2D eigenvalue weighted by Gasteiger charge is -2.53. The number of aliphatic imine (C=N–C) groups is 2. The van der Waals surface area contributed by atoms with Crippen molar-refractivity contribution in [3.63, 3.8) is 0 Å². The first kappa shape index (κ1) is 23.3. The number of benzene rings is 1. The van der Waals surface area contributed by atoms with Gasteiger partial charge in [0.2, 0.25) is 0 Å². The minimum absolute atomic E-state index is 0.258. The highest BCUT2D eigenvalue weighted by Gasteiger charge is 2.50. The number of amidine groups is 1. The molecule has 32 heavy (non-hydrogen) atoms. The number of anilines is 1. The minimum atomic E-state index is 0.258. The second-order valence-corrected chi connectivity index (χ2v) is 11.1. The summed E-state index contributed by atoms with van der Waals surface area (Å²) in [5, 5.41) is 14.1. The van der Waals surface area contributed by atoms with Crippen LogP contribution < -0.4 is 5.32 Å². The Morgan fingerprint density at radius 3 is 2.56 bits per heavy atom. The zero-order valence-electron chi connectivity index (χ0n) is 19.8. The van der Waals surface area contributed by atoms with Crippen molar-refractivity contribution in [1.82, 2.24) is 0 Å². The van der Waals surface area contributed by atoms with Crippen molar-refractivity contribution < 1.29 is 0 Å². The fourth-order valence-corrected chi connectivity index (χ4v) is 6.07. The van der Waals surface area contributed by atoms with E-state index in [9.17, 15) is 0 Å². The van der Waals surface area contributed by atoms with E-state index < -0.39 is 0 Å². The topological polar surface area (TPSA) is 60.6 Å². The second-order valence-electron chi connectivity index (χ2n) is 10.1. The second kappa shape index (κ2) is 9.94. The van der Waals surface area contributed by atoms with Crippen LogP contribution in [0.5, 0.6) is 0 Å². The van der Waals surface area contributed by atoms with E-state index in [0.29, 0.717) is 17.2 Å². The molecular weight excluding hydrogens is 412 g/mol. The van der Waals surface area contributed by atoms with Gasteiger partial charge in [0.25, 0.3) is 0 Å². The van der Waals surface area contributed by atoms with Crippen molar-refractivity contribution in [1.29, 1.82) is 5.41 Å². The monoisotopic (exact) mass is 450 g/mol. The van der Waals surface area contributed by atoms with Gasteiger partial charge in [-0.25, -0.2) is 4.99 Å².